The van der Waals surface area contributed by atoms with E-state index in [4.69, 9.17) is 9.47 Å². The van der Waals surface area contributed by atoms with Gasteiger partial charge in [0.25, 0.3) is 0 Å². The highest BCUT2D eigenvalue weighted by Gasteiger charge is 2.38. The molecule has 3 unspecified atom stereocenters. The molecule has 4 heteroatoms. The zero-order valence-corrected chi connectivity index (χ0v) is 12.8. The summed E-state index contributed by atoms with van der Waals surface area (Å²) in [5, 5.41) is 3.52. The van der Waals surface area contributed by atoms with E-state index in [9.17, 15) is 0 Å². The first-order valence-corrected chi connectivity index (χ1v) is 7.73. The van der Waals surface area contributed by atoms with Crippen LogP contribution in [-0.4, -0.2) is 64.1 Å². The van der Waals surface area contributed by atoms with Gasteiger partial charge in [-0.15, -0.1) is 0 Å². The molecule has 0 spiro atoms. The summed E-state index contributed by atoms with van der Waals surface area (Å²) in [6, 6.07) is 0. The lowest BCUT2D eigenvalue weighted by Crippen LogP contribution is -2.51. The maximum atomic E-state index is 5.68. The Morgan fingerprint density at radius 3 is 2.95 bits per heavy atom. The largest absolute Gasteiger partial charge is 0.381 e. The number of ether oxygens (including phenoxy) is 2. The number of piperidine rings is 1. The molecule has 0 aromatic rings. The minimum atomic E-state index is 0.314. The van der Waals surface area contributed by atoms with Crippen molar-refractivity contribution in [1.29, 1.82) is 0 Å². The van der Waals surface area contributed by atoms with Crippen molar-refractivity contribution in [3.05, 3.63) is 0 Å². The van der Waals surface area contributed by atoms with E-state index in [-0.39, 0.29) is 0 Å². The van der Waals surface area contributed by atoms with Crippen molar-refractivity contribution < 1.29 is 9.47 Å². The summed E-state index contributed by atoms with van der Waals surface area (Å²) in [6.07, 6.45) is 2.83. The summed E-state index contributed by atoms with van der Waals surface area (Å²) >= 11 is 0. The third-order valence-corrected chi connectivity index (χ3v) is 4.77. The van der Waals surface area contributed by atoms with E-state index in [1.807, 2.05) is 7.11 Å². The first-order chi connectivity index (χ1) is 9.19. The van der Waals surface area contributed by atoms with Gasteiger partial charge in [-0.05, 0) is 31.8 Å². The van der Waals surface area contributed by atoms with Gasteiger partial charge in [-0.3, -0.25) is 0 Å². The SMILES string of the molecule is CCNCC1(CN2CCC(C)C(OC)C2)CCOC1. The number of rotatable bonds is 6. The van der Waals surface area contributed by atoms with Crippen LogP contribution in [0.3, 0.4) is 0 Å². The molecule has 1 N–H and O–H groups in total. The third-order valence-electron chi connectivity index (χ3n) is 4.77. The van der Waals surface area contributed by atoms with Crippen LogP contribution >= 0.6 is 0 Å². The number of hydrogen-bond donors (Lipinski definition) is 1. The smallest absolute Gasteiger partial charge is 0.0724 e. The van der Waals surface area contributed by atoms with E-state index < -0.39 is 0 Å². The lowest BCUT2D eigenvalue weighted by molar-refractivity contribution is -0.0191. The predicted octanol–water partition coefficient (Wildman–Crippen LogP) is 1.36. The second-order valence-corrected chi connectivity index (χ2v) is 6.36. The van der Waals surface area contributed by atoms with Gasteiger partial charge in [0.15, 0.2) is 0 Å². The fraction of sp³-hybridized carbons (Fsp3) is 1.00. The van der Waals surface area contributed by atoms with E-state index in [0.717, 1.165) is 39.4 Å². The van der Waals surface area contributed by atoms with Gasteiger partial charge in [0.05, 0.1) is 12.7 Å². The van der Waals surface area contributed by atoms with Crippen LogP contribution < -0.4 is 5.32 Å². The van der Waals surface area contributed by atoms with Gasteiger partial charge in [-0.25, -0.2) is 0 Å². The zero-order chi connectivity index (χ0) is 13.7. The van der Waals surface area contributed by atoms with Crippen LogP contribution in [0.25, 0.3) is 0 Å². The molecule has 2 rings (SSSR count). The van der Waals surface area contributed by atoms with Gasteiger partial charge in [0.1, 0.15) is 0 Å². The third kappa shape index (κ3) is 3.91. The van der Waals surface area contributed by atoms with Crippen LogP contribution in [0.1, 0.15) is 26.7 Å². The monoisotopic (exact) mass is 270 g/mol. The molecule has 0 saturated carbocycles. The van der Waals surface area contributed by atoms with Crippen molar-refractivity contribution >= 4 is 0 Å². The molecule has 2 fully saturated rings. The Hall–Kier alpha value is -0.160. The summed E-state index contributed by atoms with van der Waals surface area (Å²) in [7, 11) is 1.84. The topological polar surface area (TPSA) is 33.7 Å². The Labute approximate surface area is 117 Å². The number of nitrogens with one attached hydrogen (secondary N) is 1. The lowest BCUT2D eigenvalue weighted by Gasteiger charge is -2.41. The van der Waals surface area contributed by atoms with E-state index in [2.05, 4.69) is 24.1 Å². The van der Waals surface area contributed by atoms with E-state index in [0.29, 0.717) is 17.4 Å². The Kier molecular flexibility index (Phi) is 5.63. The van der Waals surface area contributed by atoms with Crippen LogP contribution in [0.4, 0.5) is 0 Å². The number of likely N-dealkylation sites (tertiary alicyclic amines) is 1. The molecule has 0 aromatic heterocycles. The molecule has 0 radical (unpaired) electrons. The van der Waals surface area contributed by atoms with Crippen molar-refractivity contribution in [1.82, 2.24) is 10.2 Å². The molecule has 0 aromatic carbocycles. The maximum absolute atomic E-state index is 5.68. The summed E-state index contributed by atoms with van der Waals surface area (Å²) in [5.41, 5.74) is 0.314. The van der Waals surface area contributed by atoms with Crippen LogP contribution in [0.5, 0.6) is 0 Å². The molecule has 3 atom stereocenters. The normalized spacial score (nSPS) is 36.8. The molecular formula is C15H30N2O2. The van der Waals surface area contributed by atoms with E-state index in [1.165, 1.54) is 19.4 Å². The minimum absolute atomic E-state index is 0.314. The molecule has 2 heterocycles. The lowest BCUT2D eigenvalue weighted by atomic mass is 9.85. The predicted molar refractivity (Wildman–Crippen MR) is 77.4 cm³/mol. The van der Waals surface area contributed by atoms with Crippen molar-refractivity contribution in [3.63, 3.8) is 0 Å². The highest BCUT2D eigenvalue weighted by Crippen LogP contribution is 2.31. The molecule has 19 heavy (non-hydrogen) atoms. The fourth-order valence-corrected chi connectivity index (χ4v) is 3.38. The standard InChI is InChI=1S/C15H30N2O2/c1-4-16-10-15(6-8-19-12-15)11-17-7-5-13(2)14(9-17)18-3/h13-14,16H,4-12H2,1-3H3. The van der Waals surface area contributed by atoms with Crippen LogP contribution in [0.15, 0.2) is 0 Å². The molecule has 0 amide bonds. The number of methoxy groups -OCH3 is 1. The molecule has 2 aliphatic heterocycles. The van der Waals surface area contributed by atoms with Crippen LogP contribution in [0, 0.1) is 11.3 Å². The summed E-state index contributed by atoms with van der Waals surface area (Å²) in [6.45, 7) is 11.8. The van der Waals surface area contributed by atoms with Crippen LogP contribution in [0.2, 0.25) is 0 Å². The first-order valence-electron chi connectivity index (χ1n) is 7.73. The zero-order valence-electron chi connectivity index (χ0n) is 12.8. The van der Waals surface area contributed by atoms with Gasteiger partial charge < -0.3 is 19.7 Å². The summed E-state index contributed by atoms with van der Waals surface area (Å²) in [4.78, 5) is 2.58. The number of hydrogen-bond acceptors (Lipinski definition) is 4. The van der Waals surface area contributed by atoms with Gasteiger partial charge >= 0.3 is 0 Å². The molecule has 112 valence electrons. The van der Waals surface area contributed by atoms with E-state index in [1.54, 1.807) is 0 Å². The van der Waals surface area contributed by atoms with Crippen LogP contribution in [-0.2, 0) is 9.47 Å². The Balaban J connectivity index is 1.90. The Morgan fingerprint density at radius 2 is 2.32 bits per heavy atom. The molecule has 0 bridgehead atoms. The molecular weight excluding hydrogens is 240 g/mol. The first kappa shape index (κ1) is 15.2. The van der Waals surface area contributed by atoms with Gasteiger partial charge in [0.2, 0.25) is 0 Å². The second kappa shape index (κ2) is 7.02. The fourth-order valence-electron chi connectivity index (χ4n) is 3.38. The highest BCUT2D eigenvalue weighted by atomic mass is 16.5. The maximum Gasteiger partial charge on any atom is 0.0724 e. The van der Waals surface area contributed by atoms with Crippen molar-refractivity contribution in [2.24, 2.45) is 11.3 Å². The summed E-state index contributed by atoms with van der Waals surface area (Å²) in [5.74, 6) is 0.686. The average Bonchev–Trinajstić information content (AvgIpc) is 2.87. The van der Waals surface area contributed by atoms with Gasteiger partial charge in [0, 0.05) is 38.8 Å². The van der Waals surface area contributed by atoms with Crippen molar-refractivity contribution in [3.8, 4) is 0 Å². The van der Waals surface area contributed by atoms with Crippen molar-refractivity contribution in [2.45, 2.75) is 32.8 Å². The molecule has 2 saturated heterocycles. The van der Waals surface area contributed by atoms with Crippen molar-refractivity contribution in [2.75, 3.05) is 53.0 Å². The van der Waals surface area contributed by atoms with E-state index >= 15 is 0 Å². The molecule has 2 aliphatic rings. The number of nitrogens with zero attached hydrogens (tertiary/aromatic N) is 1. The molecule has 4 nitrogen and oxygen atoms in total. The molecule has 0 aliphatic carbocycles. The van der Waals surface area contributed by atoms with Gasteiger partial charge in [-0.1, -0.05) is 13.8 Å². The second-order valence-electron chi connectivity index (χ2n) is 6.36. The quantitative estimate of drug-likeness (QED) is 0.790. The Bertz CT molecular complexity index is 267. The average molecular weight is 270 g/mol. The van der Waals surface area contributed by atoms with Gasteiger partial charge in [-0.2, -0.15) is 0 Å². The Morgan fingerprint density at radius 1 is 1.47 bits per heavy atom. The summed E-state index contributed by atoms with van der Waals surface area (Å²) < 4.78 is 11.3. The highest BCUT2D eigenvalue weighted by molar-refractivity contribution is 4.90. The minimum Gasteiger partial charge on any atom is -0.381 e.